The molecule has 3 N–H and O–H groups in total. The normalized spacial score (nSPS) is 18.8. The molecule has 4 heterocycles. The van der Waals surface area contributed by atoms with Crippen LogP contribution in [0.25, 0.3) is 11.2 Å². The Morgan fingerprint density at radius 3 is 2.66 bits per heavy atom. The minimum Gasteiger partial charge on any atom is -0.382 e. The zero-order valence-electron chi connectivity index (χ0n) is 18.1. The van der Waals surface area contributed by atoms with Crippen molar-refractivity contribution in [2.24, 2.45) is 0 Å². The molecule has 166 valence electrons. The average Bonchev–Trinajstić information content (AvgIpc) is 3.47. The van der Waals surface area contributed by atoms with Crippen molar-refractivity contribution >= 4 is 40.2 Å². The first-order chi connectivity index (χ1) is 15.6. The maximum absolute atomic E-state index is 12.0. The summed E-state index contributed by atoms with van der Waals surface area (Å²) < 4.78 is 1.99. The molecule has 9 heteroatoms. The van der Waals surface area contributed by atoms with Gasteiger partial charge in [-0.15, -0.1) is 0 Å². The smallest absolute Gasteiger partial charge is 0.246 e. The first-order valence-electron chi connectivity index (χ1n) is 11.2. The van der Waals surface area contributed by atoms with Gasteiger partial charge in [-0.2, -0.15) is 9.97 Å². The molecule has 0 radical (unpaired) electrons. The van der Waals surface area contributed by atoms with Crippen LogP contribution in [0.3, 0.4) is 0 Å². The first kappa shape index (κ1) is 20.3. The van der Waals surface area contributed by atoms with E-state index >= 15 is 0 Å². The topological polar surface area (TPSA) is 105 Å². The van der Waals surface area contributed by atoms with Crippen LogP contribution in [-0.4, -0.2) is 56.5 Å². The minimum atomic E-state index is -0.0542. The Morgan fingerprint density at radius 2 is 1.91 bits per heavy atom. The van der Waals surface area contributed by atoms with Gasteiger partial charge >= 0.3 is 0 Å². The molecule has 1 atom stereocenters. The summed E-state index contributed by atoms with van der Waals surface area (Å²) in [6.07, 6.45) is 7.74. The van der Waals surface area contributed by atoms with Gasteiger partial charge in [-0.1, -0.05) is 6.58 Å². The van der Waals surface area contributed by atoms with Crippen molar-refractivity contribution in [3.05, 3.63) is 43.2 Å². The number of anilines is 4. The van der Waals surface area contributed by atoms with Crippen molar-refractivity contribution in [1.29, 1.82) is 0 Å². The van der Waals surface area contributed by atoms with Gasteiger partial charge in [0.15, 0.2) is 11.5 Å². The molecular formula is C23H28N8O. The van der Waals surface area contributed by atoms with Gasteiger partial charge in [-0.25, -0.2) is 4.98 Å². The quantitative estimate of drug-likeness (QED) is 0.597. The fraction of sp³-hybridized carbons (Fsp3) is 0.391. The number of nitrogen functional groups attached to an aromatic ring is 1. The molecule has 0 bridgehead atoms. The maximum atomic E-state index is 12.0. The molecule has 0 spiro atoms. The lowest BCUT2D eigenvalue weighted by molar-refractivity contribution is -0.125. The fourth-order valence-corrected chi connectivity index (χ4v) is 4.60. The molecular weight excluding hydrogens is 404 g/mol. The number of rotatable bonds is 5. The van der Waals surface area contributed by atoms with E-state index in [0.29, 0.717) is 36.0 Å². The first-order valence-corrected chi connectivity index (χ1v) is 11.2. The van der Waals surface area contributed by atoms with Gasteiger partial charge in [-0.3, -0.25) is 4.79 Å². The van der Waals surface area contributed by atoms with Crippen LogP contribution in [0.15, 0.2) is 43.2 Å². The predicted molar refractivity (Wildman–Crippen MR) is 126 cm³/mol. The Labute approximate surface area is 186 Å². The number of imidazole rings is 1. The van der Waals surface area contributed by atoms with E-state index in [-0.39, 0.29) is 11.9 Å². The second kappa shape index (κ2) is 8.49. The number of benzene rings is 1. The Morgan fingerprint density at radius 1 is 1.12 bits per heavy atom. The number of nitrogens with two attached hydrogens (primary N) is 1. The molecule has 0 saturated carbocycles. The van der Waals surface area contributed by atoms with Crippen molar-refractivity contribution in [1.82, 2.24) is 24.4 Å². The summed E-state index contributed by atoms with van der Waals surface area (Å²) in [4.78, 5) is 29.7. The number of likely N-dealkylation sites (tertiary alicyclic amines) is 1. The number of carbonyl (C=O) groups excluding carboxylic acids is 1. The molecule has 32 heavy (non-hydrogen) atoms. The van der Waals surface area contributed by atoms with Crippen molar-refractivity contribution in [3.8, 4) is 0 Å². The summed E-state index contributed by atoms with van der Waals surface area (Å²) >= 11 is 0. The number of nitrogens with one attached hydrogen (secondary N) is 1. The predicted octanol–water partition coefficient (Wildman–Crippen LogP) is 3.10. The highest BCUT2D eigenvalue weighted by Gasteiger charge is 2.28. The third-order valence-electron chi connectivity index (χ3n) is 6.34. The summed E-state index contributed by atoms with van der Waals surface area (Å²) in [5.74, 6) is 0.708. The Hall–Kier alpha value is -3.62. The molecule has 2 aliphatic heterocycles. The van der Waals surface area contributed by atoms with Gasteiger partial charge < -0.3 is 25.4 Å². The Kier molecular flexibility index (Phi) is 5.38. The summed E-state index contributed by atoms with van der Waals surface area (Å²) in [6, 6.07) is 8.43. The number of nitrogens with zero attached hydrogens (tertiary/aromatic N) is 6. The van der Waals surface area contributed by atoms with E-state index in [2.05, 4.69) is 38.9 Å². The molecule has 2 saturated heterocycles. The van der Waals surface area contributed by atoms with Crippen LogP contribution in [-0.2, 0) is 4.79 Å². The highest BCUT2D eigenvalue weighted by molar-refractivity contribution is 5.87. The molecule has 2 aliphatic rings. The lowest BCUT2D eigenvalue weighted by Gasteiger charge is -2.28. The second-order valence-electron chi connectivity index (χ2n) is 8.41. The molecule has 2 aromatic heterocycles. The van der Waals surface area contributed by atoms with Gasteiger partial charge in [0.05, 0.1) is 12.4 Å². The highest BCUT2D eigenvalue weighted by Crippen LogP contribution is 2.28. The van der Waals surface area contributed by atoms with Crippen molar-refractivity contribution in [2.45, 2.75) is 31.7 Å². The Balaban J connectivity index is 1.36. The van der Waals surface area contributed by atoms with Gasteiger partial charge in [0.1, 0.15) is 5.52 Å². The molecule has 3 aromatic rings. The number of hydrogen-bond acceptors (Lipinski definition) is 7. The van der Waals surface area contributed by atoms with E-state index in [1.54, 1.807) is 11.2 Å². The number of fused-ring (bicyclic) bond motifs is 1. The van der Waals surface area contributed by atoms with E-state index in [1.165, 1.54) is 31.0 Å². The van der Waals surface area contributed by atoms with Gasteiger partial charge in [-0.05, 0) is 56.0 Å². The molecule has 2 fully saturated rings. The zero-order valence-corrected chi connectivity index (χ0v) is 18.1. The van der Waals surface area contributed by atoms with E-state index in [1.807, 2.05) is 16.7 Å². The largest absolute Gasteiger partial charge is 0.382 e. The van der Waals surface area contributed by atoms with Crippen molar-refractivity contribution in [2.75, 3.05) is 42.1 Å². The number of piperidine rings is 1. The van der Waals surface area contributed by atoms with E-state index in [4.69, 9.17) is 10.7 Å². The number of amides is 1. The zero-order chi connectivity index (χ0) is 22.1. The lowest BCUT2D eigenvalue weighted by atomic mass is 10.1. The third kappa shape index (κ3) is 3.86. The van der Waals surface area contributed by atoms with Crippen molar-refractivity contribution in [3.63, 3.8) is 0 Å². The minimum absolute atomic E-state index is 0.0542. The highest BCUT2D eigenvalue weighted by atomic mass is 16.2. The van der Waals surface area contributed by atoms with Crippen LogP contribution < -0.4 is 16.0 Å². The van der Waals surface area contributed by atoms with Crippen molar-refractivity contribution < 1.29 is 4.79 Å². The monoisotopic (exact) mass is 432 g/mol. The van der Waals surface area contributed by atoms with Gasteiger partial charge in [0, 0.05) is 37.6 Å². The number of hydrogen-bond donors (Lipinski definition) is 2. The van der Waals surface area contributed by atoms with Crippen LogP contribution >= 0.6 is 0 Å². The van der Waals surface area contributed by atoms with Crippen LogP contribution in [0, 0.1) is 0 Å². The summed E-state index contributed by atoms with van der Waals surface area (Å²) in [5, 5.41) is 3.27. The number of aromatic nitrogens is 4. The fourth-order valence-electron chi connectivity index (χ4n) is 4.60. The van der Waals surface area contributed by atoms with Crippen LogP contribution in [0.2, 0.25) is 0 Å². The van der Waals surface area contributed by atoms with Gasteiger partial charge in [0.2, 0.25) is 11.9 Å². The van der Waals surface area contributed by atoms with E-state index in [0.717, 1.165) is 25.2 Å². The third-order valence-corrected chi connectivity index (χ3v) is 6.34. The standard InChI is InChI=1S/C23H28N8O/c1-2-19(32)30-13-10-18(14-30)31-15-25-20-21(24)27-23(28-22(20)31)26-16-6-8-17(9-7-16)29-11-4-3-5-12-29/h2,6-9,15,18H,1,3-5,10-14H2,(H3,24,26,27,28)/t18-/m0/s1. The molecule has 0 unspecified atom stereocenters. The molecule has 1 aromatic carbocycles. The molecule has 1 amide bonds. The van der Waals surface area contributed by atoms with E-state index in [9.17, 15) is 4.79 Å². The van der Waals surface area contributed by atoms with Gasteiger partial charge in [0.25, 0.3) is 0 Å². The number of carbonyl (C=O) groups is 1. The SMILES string of the molecule is C=CC(=O)N1CC[C@H](n2cnc3c(N)nc(Nc4ccc(N5CCCCC5)cc4)nc32)C1. The van der Waals surface area contributed by atoms with Crippen LogP contribution in [0.5, 0.6) is 0 Å². The summed E-state index contributed by atoms with van der Waals surface area (Å²) in [7, 11) is 0. The molecule has 5 rings (SSSR count). The summed E-state index contributed by atoms with van der Waals surface area (Å²) in [6.45, 7) is 7.09. The molecule has 0 aliphatic carbocycles. The average molecular weight is 433 g/mol. The second-order valence-corrected chi connectivity index (χ2v) is 8.41. The van der Waals surface area contributed by atoms with Crippen LogP contribution in [0.1, 0.15) is 31.7 Å². The lowest BCUT2D eigenvalue weighted by Crippen LogP contribution is -2.29. The maximum Gasteiger partial charge on any atom is 0.246 e. The summed E-state index contributed by atoms with van der Waals surface area (Å²) in [5.41, 5.74) is 9.57. The van der Waals surface area contributed by atoms with Crippen LogP contribution in [0.4, 0.5) is 23.1 Å². The Bertz CT molecular complexity index is 1130. The molecule has 9 nitrogen and oxygen atoms in total. The van der Waals surface area contributed by atoms with E-state index < -0.39 is 0 Å².